The predicted octanol–water partition coefficient (Wildman–Crippen LogP) is 13.8. The summed E-state index contributed by atoms with van der Waals surface area (Å²) in [4.78, 5) is 169. The number of carboxylic acid groups (broad SMARTS) is 3. The average Bonchev–Trinajstić information content (AvgIpc) is 1.72. The Morgan fingerprint density at radius 2 is 0.588 bits per heavy atom. The number of carbonyl (C=O) groups excluding carboxylic acids is 12. The Labute approximate surface area is 736 Å². The van der Waals surface area contributed by atoms with Crippen molar-refractivity contribution in [1.82, 2.24) is 15.7 Å². The molecule has 0 unspecified atom stereocenters. The van der Waals surface area contributed by atoms with Crippen molar-refractivity contribution in [3.05, 3.63) is 0 Å². The Morgan fingerprint density at radius 3 is 0.807 bits per heavy atom. The van der Waals surface area contributed by atoms with Crippen LogP contribution < -0.4 is 51.7 Å². The number of unbranched alkanes of at least 4 members (excludes halogenated alkanes) is 23. The van der Waals surface area contributed by atoms with Gasteiger partial charge in [-0.15, -0.1) is 5.06 Å². The topological polar surface area (TPSA) is 491 Å². The van der Waals surface area contributed by atoms with Crippen LogP contribution in [0.25, 0.3) is 0 Å². The molecule has 1 heterocycles. The number of amides is 4. The summed E-state index contributed by atoms with van der Waals surface area (Å²) in [6.45, 7) is 32.4. The summed E-state index contributed by atoms with van der Waals surface area (Å²) in [5.74, 6) is -4.84. The van der Waals surface area contributed by atoms with Gasteiger partial charge in [-0.2, -0.15) is 13.2 Å². The molecule has 0 spiro atoms. The first-order chi connectivity index (χ1) is 54.1. The molecule has 1 fully saturated rings. The molecule has 1 rings (SSSR count). The third kappa shape index (κ3) is 114. The standard InChI is InChI=1S/C18H29NO6.C18H33NO4S.C14H26O4.C12H24N2O2S.C10H18O5.C8H17NO2.C2HF3O2.Na.H2O/c1-18(2,3)24-16(22)10-8-6-4-5-7-9-11-17(23)25-19-14(20)12-13-15(19)21;1-15(20)19-13-14-24-17(22)12-10-8-6-5-7-9-11-16(21)23-18(2,3)4;1-14(2,3)18-13(17)11-9-7-5-4-6-8-10-12(15)16;1-11(15)14-9-10-17-12(16)7-5-3-2-4-6-8-13;1-9(2,3)14-7(11)13-8(12)15-10(4,5)6;9-7-5-3-1-2-4-6-8(10)11;3-2(4,5)1(6)7;;/h4-13H2,1-3H3;5-14H2,1-4H3,(H,19,20);4-11H2,1-3H3,(H,15,16);2-10,13H2,1H3,(H,14,15);1-6H3;1-7,9H2,(H,10,11);(H,6,7);;1H2/q;;;;;;;+1;/p-1. The van der Waals surface area contributed by atoms with E-state index >= 15 is 0 Å². The molecule has 0 aliphatic carbocycles. The minimum absolute atomic E-state index is 0. The normalized spacial score (nSPS) is 11.6. The summed E-state index contributed by atoms with van der Waals surface area (Å²) in [5, 5.41) is 30.2. The molecule has 0 atom stereocenters. The largest absolute Gasteiger partial charge is 1.00 e. The van der Waals surface area contributed by atoms with Crippen LogP contribution in [-0.2, 0) is 95.6 Å². The first-order valence-electron chi connectivity index (χ1n) is 40.9. The number of nitrogens with one attached hydrogen (secondary N) is 2. The fourth-order valence-electron chi connectivity index (χ4n) is 9.16. The number of thioether (sulfide) groups is 2. The van der Waals surface area contributed by atoms with Crippen molar-refractivity contribution in [1.29, 1.82) is 0 Å². The van der Waals surface area contributed by atoms with Crippen LogP contribution in [0.3, 0.4) is 0 Å². The van der Waals surface area contributed by atoms with E-state index in [9.17, 15) is 80.3 Å². The van der Waals surface area contributed by atoms with E-state index in [1.165, 1.54) is 50.2 Å². The monoisotopic (exact) mass is 1760 g/mol. The maximum atomic E-state index is 11.6. The molecule has 0 bridgehead atoms. The van der Waals surface area contributed by atoms with Crippen LogP contribution in [0.15, 0.2) is 0 Å². The molecule has 4 amide bonds. The first-order valence-corrected chi connectivity index (χ1v) is 42.8. The molecular weight excluding hydrogens is 1620 g/mol. The number of carboxylic acids is 3. The van der Waals surface area contributed by atoms with Crippen molar-refractivity contribution in [2.75, 3.05) is 37.7 Å². The summed E-state index contributed by atoms with van der Waals surface area (Å²) in [6.07, 6.45) is 24.0. The quantitative estimate of drug-likeness (QED) is 0.00743. The van der Waals surface area contributed by atoms with Crippen molar-refractivity contribution in [3.8, 4) is 0 Å². The fourth-order valence-corrected chi connectivity index (χ4v) is 10.6. The Hall–Kier alpha value is -6.18. The van der Waals surface area contributed by atoms with Crippen molar-refractivity contribution in [2.45, 2.75) is 396 Å². The van der Waals surface area contributed by atoms with E-state index in [0.29, 0.717) is 74.6 Å². The Bertz CT molecular complexity index is 2770. The molecule has 0 saturated carbocycles. The number of hydrogen-bond acceptors (Lipinski definition) is 27. The van der Waals surface area contributed by atoms with Crippen LogP contribution >= 0.6 is 23.5 Å². The van der Waals surface area contributed by atoms with Crippen LogP contribution in [0.5, 0.6) is 0 Å². The molecule has 1 saturated heterocycles. The molecular formula is C82H149F3N5NaO26S2. The van der Waals surface area contributed by atoms with Crippen molar-refractivity contribution in [3.63, 3.8) is 0 Å². The molecule has 0 aromatic heterocycles. The van der Waals surface area contributed by atoms with Crippen molar-refractivity contribution in [2.24, 2.45) is 11.5 Å². The maximum Gasteiger partial charge on any atom is 1.00 e. The van der Waals surface area contributed by atoms with E-state index in [1.807, 2.05) is 62.3 Å². The van der Waals surface area contributed by atoms with E-state index in [4.69, 9.17) is 60.1 Å². The van der Waals surface area contributed by atoms with Gasteiger partial charge in [0.15, 0.2) is 10.2 Å². The second-order valence-corrected chi connectivity index (χ2v) is 34.6. The van der Waals surface area contributed by atoms with Gasteiger partial charge < -0.3 is 76.2 Å². The van der Waals surface area contributed by atoms with Crippen LogP contribution in [0.4, 0.5) is 22.8 Å². The van der Waals surface area contributed by atoms with Gasteiger partial charge in [0, 0.05) is 103 Å². The summed E-state index contributed by atoms with van der Waals surface area (Å²) in [5.41, 5.74) is 8.07. The molecule has 0 aromatic rings. The molecule has 119 heavy (non-hydrogen) atoms. The third-order valence-corrected chi connectivity index (χ3v) is 16.2. The van der Waals surface area contributed by atoms with E-state index in [1.54, 1.807) is 41.5 Å². The van der Waals surface area contributed by atoms with Gasteiger partial charge in [0.1, 0.15) is 28.0 Å². The Balaban J connectivity index is -0.000000206. The van der Waals surface area contributed by atoms with Gasteiger partial charge in [-0.1, -0.05) is 139 Å². The van der Waals surface area contributed by atoms with E-state index in [0.717, 1.165) is 174 Å². The third-order valence-electron chi connectivity index (χ3n) is 14.4. The van der Waals surface area contributed by atoms with Gasteiger partial charge in [-0.05, 0) is 181 Å². The molecule has 1 aliphatic heterocycles. The van der Waals surface area contributed by atoms with Crippen LogP contribution in [0, 0.1) is 0 Å². The number of imide groups is 1. The molecule has 692 valence electrons. The summed E-state index contributed by atoms with van der Waals surface area (Å²) >= 11 is 2.61. The molecule has 37 heteroatoms. The summed E-state index contributed by atoms with van der Waals surface area (Å²) < 4.78 is 61.2. The van der Waals surface area contributed by atoms with Crippen molar-refractivity contribution < 1.29 is 169 Å². The number of aliphatic carboxylic acids is 3. The fraction of sp³-hybridized carbons (Fsp3) is 0.817. The number of alkyl halides is 3. The van der Waals surface area contributed by atoms with E-state index in [2.05, 4.69) is 15.4 Å². The number of rotatable bonds is 48. The average molecular weight is 1770 g/mol. The van der Waals surface area contributed by atoms with Crippen LogP contribution in [0.2, 0.25) is 0 Å². The van der Waals surface area contributed by atoms with Crippen LogP contribution in [0.1, 0.15) is 362 Å². The predicted molar refractivity (Wildman–Crippen MR) is 446 cm³/mol. The Kier molecular flexibility index (Phi) is 84.0. The van der Waals surface area contributed by atoms with Gasteiger partial charge in [0.05, 0.1) is 0 Å². The molecule has 10 N–H and O–H groups in total. The van der Waals surface area contributed by atoms with Crippen LogP contribution in [-0.4, -0.2) is 186 Å². The maximum absolute atomic E-state index is 11.6. The van der Waals surface area contributed by atoms with Gasteiger partial charge in [0.25, 0.3) is 11.8 Å². The first kappa shape index (κ1) is 128. The van der Waals surface area contributed by atoms with Crippen molar-refractivity contribution >= 4 is 111 Å². The van der Waals surface area contributed by atoms with Gasteiger partial charge in [-0.3, -0.25) is 52.7 Å². The Morgan fingerprint density at radius 1 is 0.370 bits per heavy atom. The number of hydrogen-bond donors (Lipinski definition) is 7. The SMILES string of the molecule is CC(=O)NCCSC(=O)CCCCCCCCC(=O)OC(C)(C)C.CC(=O)NCCSC(=O)CCCCCCCN.CC(C)(C)OC(=O)CCCCCCCCC(=O)O.CC(C)(C)OC(=O)CCCCCCCCC(=O)ON1C(=O)CCC1=O.CC(C)(C)OC(=O)OC(=O)OC(C)(C)C.NCCCCCCCC(=O)O.O=C(O)C(F)(F)F.[Na+].[OH-]. The van der Waals surface area contributed by atoms with Gasteiger partial charge in [0.2, 0.25) is 11.8 Å². The second kappa shape index (κ2) is 77.8. The zero-order chi connectivity index (χ0) is 91.1. The number of nitrogens with two attached hydrogens (primary N) is 2. The molecule has 0 aromatic carbocycles. The van der Waals surface area contributed by atoms with Gasteiger partial charge >= 0.3 is 89.8 Å². The number of nitrogens with zero attached hydrogens (tertiary/aromatic N) is 1. The minimum atomic E-state index is -5.08. The number of esters is 3. The molecule has 31 nitrogen and oxygen atoms in total. The zero-order valence-corrected chi connectivity index (χ0v) is 78.6. The van der Waals surface area contributed by atoms with E-state index < -0.39 is 82.2 Å². The number of ether oxygens (including phenoxy) is 6. The minimum Gasteiger partial charge on any atom is -0.870 e. The number of halogens is 3. The summed E-state index contributed by atoms with van der Waals surface area (Å²) in [7, 11) is 0. The van der Waals surface area contributed by atoms with E-state index in [-0.39, 0.29) is 101 Å². The second-order valence-electron chi connectivity index (χ2n) is 32.3. The van der Waals surface area contributed by atoms with Gasteiger partial charge in [-0.25, -0.2) is 19.2 Å². The zero-order valence-electron chi connectivity index (χ0n) is 74.9. The number of hydroxylamine groups is 2. The summed E-state index contributed by atoms with van der Waals surface area (Å²) in [6, 6.07) is 0. The number of carbonyl (C=O) groups is 15. The smallest absolute Gasteiger partial charge is 0.870 e. The molecule has 0 radical (unpaired) electrons. The molecule has 1 aliphatic rings.